The Labute approximate surface area is 220 Å². The number of aryl methyl sites for hydroxylation is 1. The van der Waals surface area contributed by atoms with Crippen molar-refractivity contribution in [2.24, 2.45) is 7.05 Å². The number of nitrogens with zero attached hydrogens (tertiary/aromatic N) is 1. The molecule has 0 atom stereocenters. The van der Waals surface area contributed by atoms with E-state index in [1.165, 1.54) is 24.3 Å². The zero-order valence-corrected chi connectivity index (χ0v) is 21.3. The average molecular weight is 525 g/mol. The standard InChI is InChI=1S/C30H24N2O5S/c1-32-26-15-9-8-14-25(26)28(29(32)21-10-4-2-5-11-21)27(33)20-37-30(34)22-16-18-24(19-17-22)38(35,36)31-23-12-6-3-7-13-23/h2-19,31H,20H2,1H3. The summed E-state index contributed by atoms with van der Waals surface area (Å²) in [4.78, 5) is 26.1. The van der Waals surface area contributed by atoms with Crippen LogP contribution in [0.15, 0.2) is 114 Å². The molecule has 1 aromatic heterocycles. The molecule has 0 radical (unpaired) electrons. The molecule has 0 unspecified atom stereocenters. The lowest BCUT2D eigenvalue weighted by Crippen LogP contribution is -2.16. The highest BCUT2D eigenvalue weighted by Gasteiger charge is 2.23. The first kappa shape index (κ1) is 25.0. The van der Waals surface area contributed by atoms with Crippen LogP contribution in [0.3, 0.4) is 0 Å². The number of ether oxygens (including phenoxy) is 1. The number of fused-ring (bicyclic) bond motifs is 1. The molecule has 0 saturated heterocycles. The second-order valence-corrected chi connectivity index (χ2v) is 10.3. The van der Waals surface area contributed by atoms with E-state index < -0.39 is 22.6 Å². The smallest absolute Gasteiger partial charge is 0.338 e. The number of carbonyl (C=O) groups excluding carboxylic acids is 2. The maximum absolute atomic E-state index is 13.4. The zero-order valence-electron chi connectivity index (χ0n) is 20.5. The van der Waals surface area contributed by atoms with Crippen molar-refractivity contribution in [3.05, 3.63) is 120 Å². The van der Waals surface area contributed by atoms with Gasteiger partial charge in [-0.05, 0) is 48.0 Å². The molecule has 5 aromatic rings. The molecule has 8 heteroatoms. The predicted octanol–water partition coefficient (Wildman–Crippen LogP) is 5.69. The molecular weight excluding hydrogens is 500 g/mol. The third kappa shape index (κ3) is 4.94. The van der Waals surface area contributed by atoms with Crippen molar-refractivity contribution >= 4 is 38.4 Å². The van der Waals surface area contributed by atoms with Crippen LogP contribution in [0.1, 0.15) is 20.7 Å². The van der Waals surface area contributed by atoms with Crippen molar-refractivity contribution < 1.29 is 22.7 Å². The van der Waals surface area contributed by atoms with E-state index in [9.17, 15) is 18.0 Å². The summed E-state index contributed by atoms with van der Waals surface area (Å²) in [6.45, 7) is -0.456. The topological polar surface area (TPSA) is 94.5 Å². The number of aromatic nitrogens is 1. The number of Topliss-reactive ketones (excluding diaryl/α,β-unsaturated/α-hetero) is 1. The summed E-state index contributed by atoms with van der Waals surface area (Å²) in [6, 6.07) is 31.0. The monoisotopic (exact) mass is 524 g/mol. The lowest BCUT2D eigenvalue weighted by molar-refractivity contribution is 0.0475. The Morgan fingerprint density at radius 2 is 1.39 bits per heavy atom. The van der Waals surface area contributed by atoms with Crippen molar-refractivity contribution in [3.63, 3.8) is 0 Å². The highest BCUT2D eigenvalue weighted by Crippen LogP contribution is 2.33. The molecule has 0 aliphatic rings. The summed E-state index contributed by atoms with van der Waals surface area (Å²) in [5.41, 5.74) is 3.56. The average Bonchev–Trinajstić information content (AvgIpc) is 3.25. The SMILES string of the molecule is Cn1c(-c2ccccc2)c(C(=O)COC(=O)c2ccc(S(=O)(=O)Nc3ccccc3)cc2)c2ccccc21. The van der Waals surface area contributed by atoms with Crippen molar-refractivity contribution in [1.82, 2.24) is 4.57 Å². The Morgan fingerprint density at radius 1 is 0.789 bits per heavy atom. The maximum Gasteiger partial charge on any atom is 0.338 e. The summed E-state index contributed by atoms with van der Waals surface area (Å²) in [7, 11) is -1.93. The van der Waals surface area contributed by atoms with Gasteiger partial charge in [-0.3, -0.25) is 9.52 Å². The third-order valence-corrected chi connectivity index (χ3v) is 7.59. The Hall–Kier alpha value is -4.69. The van der Waals surface area contributed by atoms with E-state index in [0.717, 1.165) is 22.2 Å². The molecule has 0 aliphatic carbocycles. The van der Waals surface area contributed by atoms with E-state index >= 15 is 0 Å². The molecule has 0 spiro atoms. The predicted molar refractivity (Wildman–Crippen MR) is 147 cm³/mol. The van der Waals surface area contributed by atoms with E-state index in [1.807, 2.05) is 66.2 Å². The number of carbonyl (C=O) groups is 2. The van der Waals surface area contributed by atoms with Crippen LogP contribution in [0.5, 0.6) is 0 Å². The lowest BCUT2D eigenvalue weighted by Gasteiger charge is -2.10. The van der Waals surface area contributed by atoms with Gasteiger partial charge < -0.3 is 9.30 Å². The molecule has 190 valence electrons. The number of para-hydroxylation sites is 2. The maximum atomic E-state index is 13.4. The molecule has 5 rings (SSSR count). The second-order valence-electron chi connectivity index (χ2n) is 8.66. The summed E-state index contributed by atoms with van der Waals surface area (Å²) >= 11 is 0. The van der Waals surface area contributed by atoms with Gasteiger partial charge >= 0.3 is 5.97 Å². The van der Waals surface area contributed by atoms with Gasteiger partial charge in [0.25, 0.3) is 10.0 Å². The van der Waals surface area contributed by atoms with Gasteiger partial charge in [0.05, 0.1) is 21.7 Å². The second kappa shape index (κ2) is 10.4. The van der Waals surface area contributed by atoms with Gasteiger partial charge in [-0.1, -0.05) is 66.7 Å². The third-order valence-electron chi connectivity index (χ3n) is 6.19. The number of rotatable bonds is 8. The molecule has 0 fully saturated rings. The Balaban J connectivity index is 1.34. The number of nitrogens with one attached hydrogen (secondary N) is 1. The fourth-order valence-electron chi connectivity index (χ4n) is 4.39. The van der Waals surface area contributed by atoms with Crippen LogP contribution < -0.4 is 4.72 Å². The normalized spacial score (nSPS) is 11.3. The van der Waals surface area contributed by atoms with Crippen molar-refractivity contribution in [3.8, 4) is 11.3 Å². The van der Waals surface area contributed by atoms with Crippen molar-refractivity contribution in [2.75, 3.05) is 11.3 Å². The molecular formula is C30H24N2O5S. The van der Waals surface area contributed by atoms with E-state index in [0.29, 0.717) is 11.3 Å². The van der Waals surface area contributed by atoms with E-state index in [1.54, 1.807) is 30.3 Å². The summed E-state index contributed by atoms with van der Waals surface area (Å²) in [5.74, 6) is -1.06. The molecule has 0 saturated carbocycles. The molecule has 0 amide bonds. The van der Waals surface area contributed by atoms with E-state index in [-0.39, 0.29) is 16.2 Å². The molecule has 7 nitrogen and oxygen atoms in total. The highest BCUT2D eigenvalue weighted by atomic mass is 32.2. The Morgan fingerprint density at radius 3 is 2.08 bits per heavy atom. The van der Waals surface area contributed by atoms with Crippen LogP contribution in [0.25, 0.3) is 22.2 Å². The van der Waals surface area contributed by atoms with Gasteiger partial charge in [0.2, 0.25) is 5.78 Å². The highest BCUT2D eigenvalue weighted by molar-refractivity contribution is 7.92. The van der Waals surface area contributed by atoms with Crippen LogP contribution >= 0.6 is 0 Å². The molecule has 1 heterocycles. The van der Waals surface area contributed by atoms with E-state index in [2.05, 4.69) is 4.72 Å². The number of ketones is 1. The van der Waals surface area contributed by atoms with Gasteiger partial charge in [0, 0.05) is 23.6 Å². The number of hydrogen-bond donors (Lipinski definition) is 1. The number of esters is 1. The van der Waals surface area contributed by atoms with Crippen LogP contribution in [-0.2, 0) is 21.8 Å². The number of anilines is 1. The lowest BCUT2D eigenvalue weighted by atomic mass is 10.0. The molecule has 38 heavy (non-hydrogen) atoms. The summed E-state index contributed by atoms with van der Waals surface area (Å²) in [5, 5.41) is 0.773. The van der Waals surface area contributed by atoms with Gasteiger partial charge in [0.1, 0.15) is 0 Å². The minimum Gasteiger partial charge on any atom is -0.454 e. The quantitative estimate of drug-likeness (QED) is 0.208. The van der Waals surface area contributed by atoms with Gasteiger partial charge in [-0.25, -0.2) is 13.2 Å². The fourth-order valence-corrected chi connectivity index (χ4v) is 5.45. The fraction of sp³-hybridized carbons (Fsp3) is 0.0667. The first-order valence-electron chi connectivity index (χ1n) is 11.9. The molecule has 4 aromatic carbocycles. The van der Waals surface area contributed by atoms with Crippen LogP contribution in [0, 0.1) is 0 Å². The minimum absolute atomic E-state index is 0.00256. The van der Waals surface area contributed by atoms with Gasteiger partial charge in [-0.15, -0.1) is 0 Å². The molecule has 0 aliphatic heterocycles. The van der Waals surface area contributed by atoms with Crippen molar-refractivity contribution in [2.45, 2.75) is 4.90 Å². The van der Waals surface area contributed by atoms with E-state index in [4.69, 9.17) is 4.74 Å². The number of hydrogen-bond acceptors (Lipinski definition) is 5. The summed E-state index contributed by atoms with van der Waals surface area (Å²) < 4.78 is 35.1. The minimum atomic E-state index is -3.83. The largest absolute Gasteiger partial charge is 0.454 e. The Bertz CT molecular complexity index is 1730. The molecule has 1 N–H and O–H groups in total. The van der Waals surface area contributed by atoms with Gasteiger partial charge in [0.15, 0.2) is 6.61 Å². The van der Waals surface area contributed by atoms with Gasteiger partial charge in [-0.2, -0.15) is 0 Å². The Kier molecular flexibility index (Phi) is 6.81. The first-order valence-corrected chi connectivity index (χ1v) is 13.3. The summed E-state index contributed by atoms with van der Waals surface area (Å²) in [6.07, 6.45) is 0. The van der Waals surface area contributed by atoms with Crippen molar-refractivity contribution in [1.29, 1.82) is 0 Å². The van der Waals surface area contributed by atoms with Crippen LogP contribution in [0.4, 0.5) is 5.69 Å². The zero-order chi connectivity index (χ0) is 26.7. The number of sulfonamides is 1. The molecule has 0 bridgehead atoms. The van der Waals surface area contributed by atoms with Crippen LogP contribution in [-0.4, -0.2) is 31.3 Å². The number of benzene rings is 4. The first-order chi connectivity index (χ1) is 18.3. The van der Waals surface area contributed by atoms with Crippen LogP contribution in [0.2, 0.25) is 0 Å².